The van der Waals surface area contributed by atoms with Gasteiger partial charge in [0.2, 0.25) is 5.78 Å². The number of ketones is 1. The quantitative estimate of drug-likeness (QED) is 0.727. The molecular formula is C10H9ClO2S. The molecule has 4 heteroatoms. The standard InChI is InChI=1S/C10H9ClO2S/c11-7-4-6-14-10(7)9(12)8-3-1-2-5-13-8/h3-4,6H,1-2,5H2. The Kier molecular flexibility index (Phi) is 2.89. The first-order chi connectivity index (χ1) is 6.79. The second kappa shape index (κ2) is 4.15. The summed E-state index contributed by atoms with van der Waals surface area (Å²) in [5.74, 6) is 0.352. The summed E-state index contributed by atoms with van der Waals surface area (Å²) in [4.78, 5) is 12.4. The molecule has 1 aromatic rings. The summed E-state index contributed by atoms with van der Waals surface area (Å²) in [5.41, 5.74) is 0. The average molecular weight is 229 g/mol. The normalized spacial score (nSPS) is 15.9. The molecule has 0 radical (unpaired) electrons. The van der Waals surface area contributed by atoms with Gasteiger partial charge in [-0.2, -0.15) is 0 Å². The lowest BCUT2D eigenvalue weighted by Crippen LogP contribution is -2.10. The Hall–Kier alpha value is -0.800. The number of Topliss-reactive ketones (excluding diaryl/α,β-unsaturated/α-hetero) is 1. The van der Waals surface area contributed by atoms with Crippen molar-refractivity contribution in [1.29, 1.82) is 0 Å². The Balaban J connectivity index is 2.23. The fraction of sp³-hybridized carbons (Fsp3) is 0.300. The third kappa shape index (κ3) is 1.83. The van der Waals surface area contributed by atoms with Gasteiger partial charge in [-0.1, -0.05) is 11.6 Å². The van der Waals surface area contributed by atoms with E-state index < -0.39 is 0 Å². The fourth-order valence-electron chi connectivity index (χ4n) is 1.28. The van der Waals surface area contributed by atoms with Crippen LogP contribution >= 0.6 is 22.9 Å². The van der Waals surface area contributed by atoms with E-state index in [9.17, 15) is 4.79 Å². The molecular weight excluding hydrogens is 220 g/mol. The zero-order valence-corrected chi connectivity index (χ0v) is 9.03. The number of allylic oxidation sites excluding steroid dienone is 2. The molecule has 1 aliphatic heterocycles. The number of thiophene rings is 1. The molecule has 74 valence electrons. The number of carbonyl (C=O) groups excluding carboxylic acids is 1. The minimum absolute atomic E-state index is 0.0929. The van der Waals surface area contributed by atoms with Gasteiger partial charge in [-0.3, -0.25) is 4.79 Å². The molecule has 0 fully saturated rings. The third-order valence-electron chi connectivity index (χ3n) is 1.98. The molecule has 14 heavy (non-hydrogen) atoms. The van der Waals surface area contributed by atoms with Gasteiger partial charge in [0.1, 0.15) is 0 Å². The summed E-state index contributed by atoms with van der Waals surface area (Å²) in [7, 11) is 0. The first-order valence-corrected chi connectivity index (χ1v) is 5.65. The van der Waals surface area contributed by atoms with Crippen molar-refractivity contribution in [3.63, 3.8) is 0 Å². The van der Waals surface area contributed by atoms with E-state index in [4.69, 9.17) is 16.3 Å². The van der Waals surface area contributed by atoms with Crippen LogP contribution in [0.4, 0.5) is 0 Å². The SMILES string of the molecule is O=C(C1=CCCCO1)c1sccc1Cl. The van der Waals surface area contributed by atoms with Crippen molar-refractivity contribution in [3.8, 4) is 0 Å². The minimum Gasteiger partial charge on any atom is -0.490 e. The molecule has 2 nitrogen and oxygen atoms in total. The molecule has 0 amide bonds. The largest absolute Gasteiger partial charge is 0.490 e. The van der Waals surface area contributed by atoms with Gasteiger partial charge in [0.25, 0.3) is 0 Å². The highest BCUT2D eigenvalue weighted by Crippen LogP contribution is 2.26. The topological polar surface area (TPSA) is 26.3 Å². The van der Waals surface area contributed by atoms with Crippen molar-refractivity contribution in [3.05, 3.63) is 33.2 Å². The van der Waals surface area contributed by atoms with E-state index in [0.717, 1.165) is 12.8 Å². The van der Waals surface area contributed by atoms with Crippen LogP contribution < -0.4 is 0 Å². The van der Waals surface area contributed by atoms with Gasteiger partial charge in [-0.25, -0.2) is 0 Å². The first-order valence-electron chi connectivity index (χ1n) is 4.39. The van der Waals surface area contributed by atoms with Gasteiger partial charge in [0, 0.05) is 0 Å². The van der Waals surface area contributed by atoms with Gasteiger partial charge in [-0.05, 0) is 30.4 Å². The number of hydrogen-bond acceptors (Lipinski definition) is 3. The van der Waals surface area contributed by atoms with Crippen LogP contribution in [0.25, 0.3) is 0 Å². The van der Waals surface area contributed by atoms with E-state index in [1.54, 1.807) is 11.4 Å². The summed E-state index contributed by atoms with van der Waals surface area (Å²) in [6, 6.07) is 1.73. The van der Waals surface area contributed by atoms with E-state index in [-0.39, 0.29) is 5.78 Å². The Morgan fingerprint density at radius 3 is 3.00 bits per heavy atom. The Labute approximate surface area is 91.1 Å². The molecule has 0 N–H and O–H groups in total. The molecule has 0 aromatic carbocycles. The summed E-state index contributed by atoms with van der Waals surface area (Å²) in [6.45, 7) is 0.626. The second-order valence-electron chi connectivity index (χ2n) is 2.99. The maximum Gasteiger partial charge on any atom is 0.238 e. The Bertz CT molecular complexity index is 381. The van der Waals surface area contributed by atoms with Crippen LogP contribution in [0.2, 0.25) is 5.02 Å². The summed E-state index contributed by atoms with van der Waals surface area (Å²) >= 11 is 7.21. The molecule has 0 saturated heterocycles. The monoisotopic (exact) mass is 228 g/mol. The zero-order chi connectivity index (χ0) is 9.97. The van der Waals surface area contributed by atoms with Crippen molar-refractivity contribution in [2.24, 2.45) is 0 Å². The zero-order valence-electron chi connectivity index (χ0n) is 7.46. The second-order valence-corrected chi connectivity index (χ2v) is 4.31. The van der Waals surface area contributed by atoms with Crippen molar-refractivity contribution >= 4 is 28.7 Å². The highest BCUT2D eigenvalue weighted by molar-refractivity contribution is 7.13. The molecule has 0 aliphatic carbocycles. The molecule has 0 saturated carbocycles. The molecule has 0 spiro atoms. The molecule has 2 rings (SSSR count). The Morgan fingerprint density at radius 1 is 1.57 bits per heavy atom. The van der Waals surface area contributed by atoms with Gasteiger partial charge in [0.15, 0.2) is 5.76 Å². The molecule has 1 aliphatic rings. The number of hydrogen-bond donors (Lipinski definition) is 0. The molecule has 0 unspecified atom stereocenters. The van der Waals surface area contributed by atoms with E-state index >= 15 is 0 Å². The third-order valence-corrected chi connectivity index (χ3v) is 3.32. The molecule has 0 atom stereocenters. The van der Waals surface area contributed by atoms with Crippen molar-refractivity contribution in [2.45, 2.75) is 12.8 Å². The number of halogens is 1. The highest BCUT2D eigenvalue weighted by atomic mass is 35.5. The van der Waals surface area contributed by atoms with Gasteiger partial charge in [0.05, 0.1) is 16.5 Å². The summed E-state index contributed by atoms with van der Waals surface area (Å²) in [6.07, 6.45) is 3.72. The predicted octanol–water partition coefficient (Wildman–Crippen LogP) is 3.28. The van der Waals surface area contributed by atoms with E-state index in [1.165, 1.54) is 11.3 Å². The molecule has 2 heterocycles. The van der Waals surface area contributed by atoms with E-state index in [2.05, 4.69) is 0 Å². The highest BCUT2D eigenvalue weighted by Gasteiger charge is 2.19. The minimum atomic E-state index is -0.0929. The predicted molar refractivity (Wildman–Crippen MR) is 56.9 cm³/mol. The lowest BCUT2D eigenvalue weighted by molar-refractivity contribution is 0.0903. The van der Waals surface area contributed by atoms with Crippen LogP contribution in [0.1, 0.15) is 22.5 Å². The maximum atomic E-state index is 11.8. The van der Waals surface area contributed by atoms with Crippen molar-refractivity contribution in [2.75, 3.05) is 6.61 Å². The number of rotatable bonds is 2. The molecule has 0 bridgehead atoms. The van der Waals surface area contributed by atoms with Crippen molar-refractivity contribution < 1.29 is 9.53 Å². The van der Waals surface area contributed by atoms with Gasteiger partial charge >= 0.3 is 0 Å². The van der Waals surface area contributed by atoms with Crippen LogP contribution in [-0.4, -0.2) is 12.4 Å². The molecule has 1 aromatic heterocycles. The van der Waals surface area contributed by atoms with E-state index in [0.29, 0.717) is 22.3 Å². The van der Waals surface area contributed by atoms with Crippen LogP contribution in [-0.2, 0) is 4.74 Å². The Morgan fingerprint density at radius 2 is 2.43 bits per heavy atom. The van der Waals surface area contributed by atoms with E-state index in [1.807, 2.05) is 6.08 Å². The van der Waals surface area contributed by atoms with Crippen LogP contribution in [0.3, 0.4) is 0 Å². The fourth-order valence-corrected chi connectivity index (χ4v) is 2.37. The lowest BCUT2D eigenvalue weighted by atomic mass is 10.2. The lowest BCUT2D eigenvalue weighted by Gasteiger charge is -2.12. The van der Waals surface area contributed by atoms with Crippen LogP contribution in [0.5, 0.6) is 0 Å². The van der Waals surface area contributed by atoms with Gasteiger partial charge in [-0.15, -0.1) is 11.3 Å². The summed E-state index contributed by atoms with van der Waals surface area (Å²) in [5, 5.41) is 2.31. The van der Waals surface area contributed by atoms with Crippen LogP contribution in [0, 0.1) is 0 Å². The van der Waals surface area contributed by atoms with Crippen LogP contribution in [0.15, 0.2) is 23.3 Å². The smallest absolute Gasteiger partial charge is 0.238 e. The number of carbonyl (C=O) groups is 1. The first kappa shape index (κ1) is 9.74. The van der Waals surface area contributed by atoms with Crippen molar-refractivity contribution in [1.82, 2.24) is 0 Å². The maximum absolute atomic E-state index is 11.8. The average Bonchev–Trinajstić information content (AvgIpc) is 2.65. The summed E-state index contributed by atoms with van der Waals surface area (Å²) < 4.78 is 5.28. The van der Waals surface area contributed by atoms with Gasteiger partial charge < -0.3 is 4.74 Å². The number of ether oxygens (including phenoxy) is 1.